The maximum Gasteiger partial charge on any atom is 0.322 e. The van der Waals surface area contributed by atoms with E-state index in [-0.39, 0.29) is 11.4 Å². The highest BCUT2D eigenvalue weighted by Crippen LogP contribution is 2.26. The van der Waals surface area contributed by atoms with Gasteiger partial charge in [-0.3, -0.25) is 24.3 Å². The molecule has 1 aromatic carbocycles. The zero-order chi connectivity index (χ0) is 20.6. The highest BCUT2D eigenvalue weighted by molar-refractivity contribution is 6.30. The van der Waals surface area contributed by atoms with E-state index in [2.05, 4.69) is 15.5 Å². The summed E-state index contributed by atoms with van der Waals surface area (Å²) >= 11 is 6.03. The molecule has 2 aromatic heterocycles. The summed E-state index contributed by atoms with van der Waals surface area (Å²) in [6.45, 7) is 5.60. The molecule has 10 heteroatoms. The second-order valence-corrected chi connectivity index (χ2v) is 6.89. The molecule has 0 spiro atoms. The number of aryl methyl sites for hydroxylation is 2. The molecule has 0 radical (unpaired) electrons. The van der Waals surface area contributed by atoms with Crippen molar-refractivity contribution in [3.05, 3.63) is 67.7 Å². The molecular formula is C18H19ClN6O3. The normalized spacial score (nSPS) is 10.9. The molecule has 3 aromatic rings. The highest BCUT2D eigenvalue weighted by Gasteiger charge is 2.30. The Bertz CT molecular complexity index is 1090. The van der Waals surface area contributed by atoms with Gasteiger partial charge in [0, 0.05) is 12.1 Å². The average molecular weight is 403 g/mol. The van der Waals surface area contributed by atoms with Gasteiger partial charge in [-0.15, -0.1) is 0 Å². The van der Waals surface area contributed by atoms with Gasteiger partial charge >= 0.3 is 5.69 Å². The van der Waals surface area contributed by atoms with Crippen molar-refractivity contribution in [2.75, 3.05) is 5.32 Å². The van der Waals surface area contributed by atoms with Crippen molar-refractivity contribution in [2.24, 2.45) is 7.05 Å². The summed E-state index contributed by atoms with van der Waals surface area (Å²) in [4.78, 5) is 23.4. The van der Waals surface area contributed by atoms with E-state index in [1.54, 1.807) is 31.6 Å². The van der Waals surface area contributed by atoms with E-state index in [1.165, 1.54) is 4.68 Å². The van der Waals surface area contributed by atoms with Crippen LogP contribution in [0, 0.1) is 30.9 Å². The maximum atomic E-state index is 12.7. The molecule has 0 saturated carbocycles. The summed E-state index contributed by atoms with van der Waals surface area (Å²) in [5.74, 6) is -0.649. The average Bonchev–Trinajstić information content (AvgIpc) is 3.06. The van der Waals surface area contributed by atoms with Crippen LogP contribution in [0.4, 0.5) is 11.4 Å². The largest absolute Gasteiger partial charge is 0.322 e. The van der Waals surface area contributed by atoms with Gasteiger partial charge in [0.25, 0.3) is 5.91 Å². The summed E-state index contributed by atoms with van der Waals surface area (Å²) in [6, 6.07) is 7.42. The molecule has 0 bridgehead atoms. The summed E-state index contributed by atoms with van der Waals surface area (Å²) < 4.78 is 3.06. The van der Waals surface area contributed by atoms with Crippen LogP contribution in [0.5, 0.6) is 0 Å². The molecule has 1 N–H and O–H groups in total. The Balaban J connectivity index is 1.90. The lowest BCUT2D eigenvalue weighted by atomic mass is 10.2. The van der Waals surface area contributed by atoms with Crippen molar-refractivity contribution < 1.29 is 9.72 Å². The fourth-order valence-corrected chi connectivity index (χ4v) is 3.19. The van der Waals surface area contributed by atoms with Crippen molar-refractivity contribution >= 4 is 28.9 Å². The lowest BCUT2D eigenvalue weighted by molar-refractivity contribution is -0.385. The number of anilines is 1. The Hall–Kier alpha value is -3.20. The quantitative estimate of drug-likeness (QED) is 0.519. The van der Waals surface area contributed by atoms with Crippen molar-refractivity contribution in [3.63, 3.8) is 0 Å². The van der Waals surface area contributed by atoms with Gasteiger partial charge in [-0.05, 0) is 38.5 Å². The summed E-state index contributed by atoms with van der Waals surface area (Å²) in [7, 11) is 1.55. The lowest BCUT2D eigenvalue weighted by Crippen LogP contribution is -2.16. The molecule has 146 valence electrons. The molecule has 0 aliphatic heterocycles. The van der Waals surface area contributed by atoms with E-state index in [1.807, 2.05) is 25.1 Å². The van der Waals surface area contributed by atoms with Crippen LogP contribution in [0.1, 0.15) is 33.1 Å². The number of halogens is 1. The number of nitrogens with one attached hydrogen (secondary N) is 1. The van der Waals surface area contributed by atoms with Gasteiger partial charge in [0.2, 0.25) is 5.69 Å². The molecule has 0 aliphatic carbocycles. The number of nitro groups is 1. The van der Waals surface area contributed by atoms with Gasteiger partial charge < -0.3 is 5.32 Å². The number of rotatable bonds is 5. The zero-order valence-electron chi connectivity index (χ0n) is 15.9. The molecule has 0 unspecified atom stereocenters. The smallest absolute Gasteiger partial charge is 0.317 e. The molecule has 1 amide bonds. The molecule has 0 atom stereocenters. The summed E-state index contributed by atoms with van der Waals surface area (Å²) in [5, 5.41) is 23.1. The van der Waals surface area contributed by atoms with Gasteiger partial charge in [-0.2, -0.15) is 10.2 Å². The van der Waals surface area contributed by atoms with E-state index in [0.717, 1.165) is 11.3 Å². The first-order chi connectivity index (χ1) is 13.2. The molecule has 3 rings (SSSR count). The number of carbonyl (C=O) groups excluding carboxylic acids is 1. The molecule has 9 nitrogen and oxygen atoms in total. The topological polar surface area (TPSA) is 108 Å². The van der Waals surface area contributed by atoms with Crippen molar-refractivity contribution in [1.82, 2.24) is 19.6 Å². The van der Waals surface area contributed by atoms with Crippen LogP contribution < -0.4 is 5.32 Å². The Morgan fingerprint density at radius 1 is 1.25 bits per heavy atom. The molecule has 0 fully saturated rings. The monoisotopic (exact) mass is 402 g/mol. The minimum atomic E-state index is -0.649. The first-order valence-corrected chi connectivity index (χ1v) is 8.84. The van der Waals surface area contributed by atoms with Crippen LogP contribution in [-0.2, 0) is 13.6 Å². The van der Waals surface area contributed by atoms with Gasteiger partial charge in [0.05, 0.1) is 28.5 Å². The number of benzene rings is 1. The molecular weight excluding hydrogens is 384 g/mol. The Morgan fingerprint density at radius 2 is 1.96 bits per heavy atom. The van der Waals surface area contributed by atoms with Gasteiger partial charge in [0.1, 0.15) is 5.69 Å². The lowest BCUT2D eigenvalue weighted by Gasteiger charge is -2.07. The first kappa shape index (κ1) is 19.6. The van der Waals surface area contributed by atoms with E-state index in [4.69, 9.17) is 11.6 Å². The maximum absolute atomic E-state index is 12.7. The predicted molar refractivity (Wildman–Crippen MR) is 105 cm³/mol. The van der Waals surface area contributed by atoms with Gasteiger partial charge in [-0.1, -0.05) is 23.7 Å². The minimum absolute atomic E-state index is 0.230. The number of hydrogen-bond donors (Lipinski definition) is 1. The second kappa shape index (κ2) is 7.43. The Morgan fingerprint density at radius 3 is 2.61 bits per heavy atom. The third kappa shape index (κ3) is 3.61. The van der Waals surface area contributed by atoms with E-state index < -0.39 is 10.8 Å². The van der Waals surface area contributed by atoms with Crippen molar-refractivity contribution in [3.8, 4) is 0 Å². The van der Waals surface area contributed by atoms with Crippen molar-refractivity contribution in [1.29, 1.82) is 0 Å². The van der Waals surface area contributed by atoms with E-state index >= 15 is 0 Å². The van der Waals surface area contributed by atoms with Gasteiger partial charge in [-0.25, -0.2) is 0 Å². The van der Waals surface area contributed by atoms with E-state index in [0.29, 0.717) is 28.6 Å². The van der Waals surface area contributed by atoms with E-state index in [9.17, 15) is 14.9 Å². The fourth-order valence-electron chi connectivity index (χ4n) is 2.98. The number of amides is 1. The molecule has 2 heterocycles. The van der Waals surface area contributed by atoms with Crippen LogP contribution in [0.3, 0.4) is 0 Å². The summed E-state index contributed by atoms with van der Waals surface area (Å²) in [6.07, 6.45) is 0. The minimum Gasteiger partial charge on any atom is -0.317 e. The molecule has 0 saturated heterocycles. The number of hydrogen-bond acceptors (Lipinski definition) is 5. The Kier molecular flexibility index (Phi) is 5.19. The highest BCUT2D eigenvalue weighted by atomic mass is 35.5. The molecule has 28 heavy (non-hydrogen) atoms. The number of nitrogens with zero attached hydrogens (tertiary/aromatic N) is 5. The van der Waals surface area contributed by atoms with Crippen LogP contribution in [0.2, 0.25) is 5.02 Å². The Labute approximate surface area is 166 Å². The third-order valence-corrected chi connectivity index (χ3v) is 4.78. The number of aromatic nitrogens is 4. The van der Waals surface area contributed by atoms with Crippen molar-refractivity contribution in [2.45, 2.75) is 27.3 Å². The number of carbonyl (C=O) groups is 1. The first-order valence-electron chi connectivity index (χ1n) is 8.46. The van der Waals surface area contributed by atoms with Crippen LogP contribution >= 0.6 is 11.6 Å². The zero-order valence-corrected chi connectivity index (χ0v) is 16.6. The molecule has 0 aliphatic rings. The van der Waals surface area contributed by atoms with Gasteiger partial charge in [0.15, 0.2) is 0 Å². The van der Waals surface area contributed by atoms with Crippen LogP contribution in [-0.4, -0.2) is 30.4 Å². The van der Waals surface area contributed by atoms with Crippen LogP contribution in [0.15, 0.2) is 24.3 Å². The SMILES string of the molecule is Cc1nn(Cc2cccc(Cl)c2)c(C)c1NC(=O)c1nn(C)c(C)c1[N+](=O)[O-]. The predicted octanol–water partition coefficient (Wildman–Crippen LogP) is 3.40. The second-order valence-electron chi connectivity index (χ2n) is 6.45. The standard InChI is InChI=1S/C18H19ClN6O3/c1-10-15(11(2)24(21-10)9-13-6-5-7-14(19)8-13)20-18(26)16-17(25(27)28)12(3)23(4)22-16/h5-8H,9H2,1-4H3,(H,20,26). The third-order valence-electron chi connectivity index (χ3n) is 4.54. The summed E-state index contributed by atoms with van der Waals surface area (Å²) in [5.41, 5.74) is 2.56. The van der Waals surface area contributed by atoms with Crippen LogP contribution in [0.25, 0.3) is 0 Å². The fraction of sp³-hybridized carbons (Fsp3) is 0.278.